The molecule has 0 spiro atoms. The molecule has 1 aliphatic heterocycles. The molecule has 4 nitrogen and oxygen atoms in total. The first kappa shape index (κ1) is 14.9. The Hall–Kier alpha value is -0.130. The van der Waals surface area contributed by atoms with Crippen molar-refractivity contribution in [2.24, 2.45) is 0 Å². The molecule has 5 heteroatoms. The summed E-state index contributed by atoms with van der Waals surface area (Å²) in [5.74, 6) is 0.559. The van der Waals surface area contributed by atoms with Gasteiger partial charge in [-0.05, 0) is 12.8 Å². The van der Waals surface area contributed by atoms with Gasteiger partial charge in [0.25, 0.3) is 0 Å². The van der Waals surface area contributed by atoms with Crippen LogP contribution in [0.1, 0.15) is 33.6 Å². The minimum absolute atomic E-state index is 0.257. The van der Waals surface area contributed by atoms with E-state index in [4.69, 9.17) is 0 Å². The molecule has 0 amide bonds. The van der Waals surface area contributed by atoms with Gasteiger partial charge in [-0.3, -0.25) is 4.90 Å². The molecular weight excluding hydrogens is 236 g/mol. The SMILES string of the molecule is CCC1CN(CCS(=O)(=O)CC)C(CC)CN1. The van der Waals surface area contributed by atoms with E-state index in [1.165, 1.54) is 0 Å². The van der Waals surface area contributed by atoms with Crippen LogP contribution in [0.15, 0.2) is 0 Å². The van der Waals surface area contributed by atoms with Gasteiger partial charge in [0.2, 0.25) is 0 Å². The summed E-state index contributed by atoms with van der Waals surface area (Å²) in [6.45, 7) is 8.71. The van der Waals surface area contributed by atoms with E-state index in [9.17, 15) is 8.42 Å². The average Bonchev–Trinajstić information content (AvgIpc) is 2.36. The van der Waals surface area contributed by atoms with Gasteiger partial charge >= 0.3 is 0 Å². The van der Waals surface area contributed by atoms with Crippen LogP contribution in [0.2, 0.25) is 0 Å². The summed E-state index contributed by atoms with van der Waals surface area (Å²) < 4.78 is 23.1. The summed E-state index contributed by atoms with van der Waals surface area (Å²) in [7, 11) is -2.84. The predicted octanol–water partition coefficient (Wildman–Crippen LogP) is 0.884. The largest absolute Gasteiger partial charge is 0.311 e. The Morgan fingerprint density at radius 1 is 1.24 bits per heavy atom. The molecule has 1 rings (SSSR count). The van der Waals surface area contributed by atoms with Gasteiger partial charge in [0.05, 0.1) is 5.75 Å². The highest BCUT2D eigenvalue weighted by molar-refractivity contribution is 7.91. The summed E-state index contributed by atoms with van der Waals surface area (Å²) in [6.07, 6.45) is 2.18. The molecule has 1 aliphatic rings. The van der Waals surface area contributed by atoms with Crippen molar-refractivity contribution in [2.45, 2.75) is 45.7 Å². The standard InChI is InChI=1S/C12H26N2O2S/c1-4-11-10-14(12(5-2)9-13-11)7-8-17(15,16)6-3/h11-13H,4-10H2,1-3H3. The Morgan fingerprint density at radius 3 is 2.47 bits per heavy atom. The lowest BCUT2D eigenvalue weighted by Gasteiger charge is -2.39. The Morgan fingerprint density at radius 2 is 1.94 bits per heavy atom. The Bertz CT molecular complexity index is 316. The minimum atomic E-state index is -2.84. The van der Waals surface area contributed by atoms with Crippen LogP contribution in [-0.2, 0) is 9.84 Å². The normalized spacial score (nSPS) is 27.2. The molecule has 2 unspecified atom stereocenters. The molecule has 1 fully saturated rings. The zero-order chi connectivity index (χ0) is 12.9. The second-order valence-electron chi connectivity index (χ2n) is 4.81. The summed E-state index contributed by atoms with van der Waals surface area (Å²) in [6, 6.07) is 1.01. The first-order valence-electron chi connectivity index (χ1n) is 6.70. The molecule has 1 heterocycles. The number of nitrogens with one attached hydrogen (secondary N) is 1. The van der Waals surface area contributed by atoms with Crippen molar-refractivity contribution >= 4 is 9.84 Å². The monoisotopic (exact) mass is 262 g/mol. The highest BCUT2D eigenvalue weighted by Gasteiger charge is 2.26. The minimum Gasteiger partial charge on any atom is -0.311 e. The quantitative estimate of drug-likeness (QED) is 0.772. The van der Waals surface area contributed by atoms with E-state index in [1.807, 2.05) is 0 Å². The molecule has 0 bridgehead atoms. The van der Waals surface area contributed by atoms with Crippen LogP contribution in [0, 0.1) is 0 Å². The van der Waals surface area contributed by atoms with Gasteiger partial charge in [-0.1, -0.05) is 20.8 Å². The van der Waals surface area contributed by atoms with E-state index in [1.54, 1.807) is 6.92 Å². The highest BCUT2D eigenvalue weighted by Crippen LogP contribution is 2.12. The van der Waals surface area contributed by atoms with E-state index in [-0.39, 0.29) is 5.75 Å². The molecule has 0 aromatic carbocycles. The second-order valence-corrected chi connectivity index (χ2v) is 7.28. The number of rotatable bonds is 6. The fraction of sp³-hybridized carbons (Fsp3) is 1.00. The van der Waals surface area contributed by atoms with E-state index < -0.39 is 9.84 Å². The van der Waals surface area contributed by atoms with Crippen LogP contribution < -0.4 is 5.32 Å². The highest BCUT2D eigenvalue weighted by atomic mass is 32.2. The molecule has 2 atom stereocenters. The van der Waals surface area contributed by atoms with Gasteiger partial charge in [0, 0.05) is 37.5 Å². The van der Waals surface area contributed by atoms with Crippen LogP contribution in [0.3, 0.4) is 0 Å². The van der Waals surface area contributed by atoms with Crippen LogP contribution in [-0.4, -0.2) is 56.5 Å². The Labute approximate surface area is 106 Å². The maximum Gasteiger partial charge on any atom is 0.151 e. The third-order valence-electron chi connectivity index (χ3n) is 3.71. The number of hydrogen-bond donors (Lipinski definition) is 1. The van der Waals surface area contributed by atoms with Crippen molar-refractivity contribution in [3.63, 3.8) is 0 Å². The van der Waals surface area contributed by atoms with Gasteiger partial charge in [-0.15, -0.1) is 0 Å². The van der Waals surface area contributed by atoms with Crippen LogP contribution in [0.4, 0.5) is 0 Å². The lowest BCUT2D eigenvalue weighted by Crippen LogP contribution is -2.56. The molecule has 1 N–H and O–H groups in total. The van der Waals surface area contributed by atoms with E-state index in [0.29, 0.717) is 24.4 Å². The zero-order valence-electron chi connectivity index (χ0n) is 11.3. The molecular formula is C12H26N2O2S. The molecule has 0 aliphatic carbocycles. The molecule has 1 saturated heterocycles. The van der Waals surface area contributed by atoms with Crippen LogP contribution in [0.5, 0.6) is 0 Å². The molecule has 0 aromatic rings. The average molecular weight is 262 g/mol. The van der Waals surface area contributed by atoms with Crippen molar-refractivity contribution in [1.82, 2.24) is 10.2 Å². The summed E-state index contributed by atoms with van der Waals surface area (Å²) in [5, 5.41) is 3.52. The number of piperazine rings is 1. The Balaban J connectivity index is 2.52. The smallest absolute Gasteiger partial charge is 0.151 e. The summed E-state index contributed by atoms with van der Waals surface area (Å²) >= 11 is 0. The molecule has 102 valence electrons. The van der Waals surface area contributed by atoms with Crippen molar-refractivity contribution in [3.05, 3.63) is 0 Å². The van der Waals surface area contributed by atoms with E-state index in [2.05, 4.69) is 24.1 Å². The zero-order valence-corrected chi connectivity index (χ0v) is 12.1. The van der Waals surface area contributed by atoms with Gasteiger partial charge < -0.3 is 5.32 Å². The van der Waals surface area contributed by atoms with Crippen molar-refractivity contribution in [3.8, 4) is 0 Å². The number of hydrogen-bond acceptors (Lipinski definition) is 4. The fourth-order valence-electron chi connectivity index (χ4n) is 2.28. The molecule has 0 radical (unpaired) electrons. The summed E-state index contributed by atoms with van der Waals surface area (Å²) in [4.78, 5) is 2.35. The van der Waals surface area contributed by atoms with Gasteiger partial charge in [-0.25, -0.2) is 8.42 Å². The topological polar surface area (TPSA) is 49.4 Å². The van der Waals surface area contributed by atoms with Gasteiger partial charge in [0.1, 0.15) is 0 Å². The lowest BCUT2D eigenvalue weighted by molar-refractivity contribution is 0.132. The van der Waals surface area contributed by atoms with Crippen LogP contribution in [0.25, 0.3) is 0 Å². The maximum absolute atomic E-state index is 11.5. The third-order valence-corrected chi connectivity index (χ3v) is 5.39. The predicted molar refractivity (Wildman–Crippen MR) is 72.1 cm³/mol. The van der Waals surface area contributed by atoms with E-state index in [0.717, 1.165) is 25.9 Å². The maximum atomic E-state index is 11.5. The van der Waals surface area contributed by atoms with Gasteiger partial charge in [-0.2, -0.15) is 0 Å². The van der Waals surface area contributed by atoms with Gasteiger partial charge in [0.15, 0.2) is 9.84 Å². The van der Waals surface area contributed by atoms with Crippen molar-refractivity contribution < 1.29 is 8.42 Å². The summed E-state index contributed by atoms with van der Waals surface area (Å²) in [5.41, 5.74) is 0. The first-order valence-corrected chi connectivity index (χ1v) is 8.52. The molecule has 0 aromatic heterocycles. The third kappa shape index (κ3) is 4.56. The second kappa shape index (κ2) is 6.71. The van der Waals surface area contributed by atoms with Crippen molar-refractivity contribution in [1.29, 1.82) is 0 Å². The Kier molecular flexibility index (Phi) is 5.89. The molecule has 17 heavy (non-hydrogen) atoms. The number of sulfone groups is 1. The van der Waals surface area contributed by atoms with E-state index >= 15 is 0 Å². The number of nitrogens with zero attached hydrogens (tertiary/aromatic N) is 1. The van der Waals surface area contributed by atoms with Crippen molar-refractivity contribution in [2.75, 3.05) is 31.1 Å². The fourth-order valence-corrected chi connectivity index (χ4v) is 3.08. The lowest BCUT2D eigenvalue weighted by atomic mass is 10.1. The first-order chi connectivity index (χ1) is 8.02. The van der Waals surface area contributed by atoms with Crippen LogP contribution >= 0.6 is 0 Å². The molecule has 0 saturated carbocycles.